The number of hydrogen-bond donors (Lipinski definition) is 0. The summed E-state index contributed by atoms with van der Waals surface area (Å²) in [7, 11) is 0. The first-order valence-electron chi connectivity index (χ1n) is 4.41. The highest BCUT2D eigenvalue weighted by Gasteiger charge is 2.25. The zero-order chi connectivity index (χ0) is 7.40. The van der Waals surface area contributed by atoms with Gasteiger partial charge in [-0.25, -0.2) is 0 Å². The first-order valence-corrected chi connectivity index (χ1v) is 4.41. The second-order valence-electron chi connectivity index (χ2n) is 3.00. The molecule has 1 aliphatic carbocycles. The van der Waals surface area contributed by atoms with Gasteiger partial charge in [0.2, 0.25) is 0 Å². The summed E-state index contributed by atoms with van der Waals surface area (Å²) >= 11 is 0. The fourth-order valence-electron chi connectivity index (χ4n) is 1.20. The molecule has 0 heterocycles. The normalized spacial score (nSPS) is 19.6. The lowest BCUT2D eigenvalue weighted by Crippen LogP contribution is -1.99. The third-order valence-electron chi connectivity index (χ3n) is 1.95. The fraction of sp³-hybridized carbons (Fsp3) is 0.889. The van der Waals surface area contributed by atoms with Gasteiger partial charge in [-0.3, -0.25) is 4.99 Å². The molecule has 10 heavy (non-hydrogen) atoms. The van der Waals surface area contributed by atoms with Gasteiger partial charge in [-0.05, 0) is 31.6 Å². The van der Waals surface area contributed by atoms with Crippen molar-refractivity contribution >= 4 is 5.71 Å². The van der Waals surface area contributed by atoms with E-state index in [1.165, 1.54) is 31.4 Å². The second kappa shape index (κ2) is 3.75. The van der Waals surface area contributed by atoms with Crippen molar-refractivity contribution in [1.82, 2.24) is 0 Å². The molecule has 1 fully saturated rings. The summed E-state index contributed by atoms with van der Waals surface area (Å²) in [6.45, 7) is 5.44. The fourth-order valence-corrected chi connectivity index (χ4v) is 1.20. The van der Waals surface area contributed by atoms with Crippen LogP contribution in [-0.4, -0.2) is 12.3 Å². The molecule has 1 rings (SSSR count). The molecule has 1 heteroatoms. The Bertz CT molecular complexity index is 123. The quantitative estimate of drug-likeness (QED) is 0.531. The Morgan fingerprint density at radius 1 is 1.40 bits per heavy atom. The van der Waals surface area contributed by atoms with Gasteiger partial charge in [0.25, 0.3) is 0 Å². The summed E-state index contributed by atoms with van der Waals surface area (Å²) in [6.07, 6.45) is 5.16. The molecule has 0 radical (unpaired) electrons. The van der Waals surface area contributed by atoms with Crippen LogP contribution >= 0.6 is 0 Å². The maximum Gasteiger partial charge on any atom is 0.0386 e. The van der Waals surface area contributed by atoms with Gasteiger partial charge in [-0.2, -0.15) is 0 Å². The van der Waals surface area contributed by atoms with Crippen molar-refractivity contribution in [3.8, 4) is 0 Å². The van der Waals surface area contributed by atoms with Crippen LogP contribution in [0.2, 0.25) is 0 Å². The molecule has 0 aromatic rings. The van der Waals surface area contributed by atoms with Gasteiger partial charge >= 0.3 is 0 Å². The zero-order valence-electron chi connectivity index (χ0n) is 7.06. The van der Waals surface area contributed by atoms with Crippen molar-refractivity contribution in [2.24, 2.45) is 10.9 Å². The van der Waals surface area contributed by atoms with Gasteiger partial charge in [0.1, 0.15) is 0 Å². The van der Waals surface area contributed by atoms with Gasteiger partial charge < -0.3 is 0 Å². The van der Waals surface area contributed by atoms with Crippen molar-refractivity contribution in [2.45, 2.75) is 39.5 Å². The summed E-state index contributed by atoms with van der Waals surface area (Å²) in [4.78, 5) is 4.54. The molecule has 58 valence electrons. The van der Waals surface area contributed by atoms with E-state index in [9.17, 15) is 0 Å². The number of aliphatic imine (C=N–C) groups is 1. The van der Waals surface area contributed by atoms with Crippen molar-refractivity contribution in [3.63, 3.8) is 0 Å². The third-order valence-corrected chi connectivity index (χ3v) is 1.95. The minimum atomic E-state index is 0.886. The SMILES string of the molecule is CCCN=C(CC)C1CC1. The zero-order valence-corrected chi connectivity index (χ0v) is 7.06. The summed E-state index contributed by atoms with van der Waals surface area (Å²) in [5.74, 6) is 0.886. The predicted molar refractivity (Wildman–Crippen MR) is 45.6 cm³/mol. The molecule has 1 aliphatic rings. The Morgan fingerprint density at radius 2 is 2.10 bits per heavy atom. The standard InChI is InChI=1S/C9H17N/c1-3-7-10-9(4-2)8-5-6-8/h8H,3-7H2,1-2H3. The van der Waals surface area contributed by atoms with Crippen molar-refractivity contribution in [3.05, 3.63) is 0 Å². The summed E-state index contributed by atoms with van der Waals surface area (Å²) < 4.78 is 0. The molecule has 0 bridgehead atoms. The molecule has 0 N–H and O–H groups in total. The number of nitrogens with zero attached hydrogens (tertiary/aromatic N) is 1. The van der Waals surface area contributed by atoms with Crippen LogP contribution in [-0.2, 0) is 0 Å². The first-order chi connectivity index (χ1) is 4.88. The first kappa shape index (κ1) is 7.77. The maximum absolute atomic E-state index is 4.54. The molecule has 0 saturated heterocycles. The lowest BCUT2D eigenvalue weighted by atomic mass is 10.2. The maximum atomic E-state index is 4.54. The summed E-state index contributed by atoms with van der Waals surface area (Å²) in [5, 5.41) is 0. The van der Waals surface area contributed by atoms with Crippen LogP contribution < -0.4 is 0 Å². The van der Waals surface area contributed by atoms with Crippen molar-refractivity contribution in [2.75, 3.05) is 6.54 Å². The molecule has 0 aliphatic heterocycles. The predicted octanol–water partition coefficient (Wildman–Crippen LogP) is 2.66. The number of hydrogen-bond acceptors (Lipinski definition) is 1. The van der Waals surface area contributed by atoms with Gasteiger partial charge in [0.05, 0.1) is 0 Å². The molecule has 1 nitrogen and oxygen atoms in total. The van der Waals surface area contributed by atoms with Crippen molar-refractivity contribution < 1.29 is 0 Å². The summed E-state index contributed by atoms with van der Waals surface area (Å²) in [5.41, 5.74) is 1.47. The van der Waals surface area contributed by atoms with Gasteiger partial charge in [-0.1, -0.05) is 13.8 Å². The van der Waals surface area contributed by atoms with Crippen LogP contribution in [0.15, 0.2) is 4.99 Å². The van der Waals surface area contributed by atoms with Gasteiger partial charge in [0, 0.05) is 12.3 Å². The van der Waals surface area contributed by atoms with Crippen LogP contribution in [0, 0.1) is 5.92 Å². The van der Waals surface area contributed by atoms with E-state index in [1.807, 2.05) is 0 Å². The highest BCUT2D eigenvalue weighted by molar-refractivity contribution is 5.88. The smallest absolute Gasteiger partial charge is 0.0386 e. The minimum Gasteiger partial charge on any atom is -0.294 e. The van der Waals surface area contributed by atoms with Crippen LogP contribution in [0.25, 0.3) is 0 Å². The van der Waals surface area contributed by atoms with Crippen LogP contribution in [0.4, 0.5) is 0 Å². The van der Waals surface area contributed by atoms with E-state index in [0.717, 1.165) is 12.5 Å². The molecule has 0 spiro atoms. The lowest BCUT2D eigenvalue weighted by molar-refractivity contribution is 0.909. The summed E-state index contributed by atoms with van der Waals surface area (Å²) in [6, 6.07) is 0. The second-order valence-corrected chi connectivity index (χ2v) is 3.00. The Morgan fingerprint density at radius 3 is 2.50 bits per heavy atom. The average molecular weight is 139 g/mol. The van der Waals surface area contributed by atoms with E-state index in [4.69, 9.17) is 0 Å². The molecule has 0 atom stereocenters. The van der Waals surface area contributed by atoms with E-state index < -0.39 is 0 Å². The highest BCUT2D eigenvalue weighted by atomic mass is 14.7. The minimum absolute atomic E-state index is 0.886. The lowest BCUT2D eigenvalue weighted by Gasteiger charge is -1.98. The Balaban J connectivity index is 2.30. The average Bonchev–Trinajstić information content (AvgIpc) is 2.73. The van der Waals surface area contributed by atoms with Crippen LogP contribution in [0.1, 0.15) is 39.5 Å². The van der Waals surface area contributed by atoms with Crippen LogP contribution in [0.3, 0.4) is 0 Å². The molecular formula is C9H17N. The van der Waals surface area contributed by atoms with Crippen molar-refractivity contribution in [1.29, 1.82) is 0 Å². The monoisotopic (exact) mass is 139 g/mol. The molecule has 0 aromatic carbocycles. The van der Waals surface area contributed by atoms with E-state index in [0.29, 0.717) is 0 Å². The molecular weight excluding hydrogens is 122 g/mol. The largest absolute Gasteiger partial charge is 0.294 e. The number of rotatable bonds is 4. The molecule has 1 saturated carbocycles. The van der Waals surface area contributed by atoms with E-state index in [1.54, 1.807) is 0 Å². The topological polar surface area (TPSA) is 12.4 Å². The Labute approximate surface area is 63.5 Å². The Hall–Kier alpha value is -0.330. The van der Waals surface area contributed by atoms with E-state index in [-0.39, 0.29) is 0 Å². The van der Waals surface area contributed by atoms with Crippen LogP contribution in [0.5, 0.6) is 0 Å². The molecule has 0 unspecified atom stereocenters. The highest BCUT2D eigenvalue weighted by Crippen LogP contribution is 2.31. The Kier molecular flexibility index (Phi) is 2.91. The molecule has 0 amide bonds. The van der Waals surface area contributed by atoms with E-state index in [2.05, 4.69) is 18.8 Å². The third kappa shape index (κ3) is 2.13. The van der Waals surface area contributed by atoms with Gasteiger partial charge in [-0.15, -0.1) is 0 Å². The van der Waals surface area contributed by atoms with Gasteiger partial charge in [0.15, 0.2) is 0 Å². The molecule has 0 aromatic heterocycles. The van der Waals surface area contributed by atoms with E-state index >= 15 is 0 Å².